The average Bonchev–Trinajstić information content (AvgIpc) is 2.83. The number of benzene rings is 3. The lowest BCUT2D eigenvalue weighted by Crippen LogP contribution is -2.03. The SMILES string of the molecule is CC/C=C/CCOc1c2ccccc2c(OCC/C=C/CC)c2cc(CC)c(CC)cc12. The second kappa shape index (κ2) is 12.3. The van der Waals surface area contributed by atoms with E-state index >= 15 is 0 Å². The lowest BCUT2D eigenvalue weighted by atomic mass is 9.93. The molecule has 32 heavy (non-hydrogen) atoms. The average molecular weight is 431 g/mol. The summed E-state index contributed by atoms with van der Waals surface area (Å²) in [6.45, 7) is 10.1. The highest BCUT2D eigenvalue weighted by molar-refractivity contribution is 6.11. The third-order valence-corrected chi connectivity index (χ3v) is 5.87. The highest BCUT2D eigenvalue weighted by Crippen LogP contribution is 2.44. The second-order valence-electron chi connectivity index (χ2n) is 8.11. The minimum absolute atomic E-state index is 0.675. The molecule has 0 bridgehead atoms. The van der Waals surface area contributed by atoms with E-state index in [1.165, 1.54) is 11.1 Å². The van der Waals surface area contributed by atoms with Crippen LogP contribution < -0.4 is 9.47 Å². The van der Waals surface area contributed by atoms with Crippen LogP contribution in [0.1, 0.15) is 64.5 Å². The Balaban J connectivity index is 2.14. The lowest BCUT2D eigenvalue weighted by Gasteiger charge is -2.19. The van der Waals surface area contributed by atoms with Gasteiger partial charge in [0.05, 0.1) is 13.2 Å². The predicted molar refractivity (Wildman–Crippen MR) is 139 cm³/mol. The molecule has 2 nitrogen and oxygen atoms in total. The number of hydrogen-bond acceptors (Lipinski definition) is 2. The van der Waals surface area contributed by atoms with Crippen LogP contribution in [0.5, 0.6) is 11.5 Å². The first-order valence-corrected chi connectivity index (χ1v) is 12.3. The normalized spacial score (nSPS) is 11.9. The summed E-state index contributed by atoms with van der Waals surface area (Å²) < 4.78 is 12.9. The van der Waals surface area contributed by atoms with Crippen LogP contribution in [0.4, 0.5) is 0 Å². The summed E-state index contributed by atoms with van der Waals surface area (Å²) in [4.78, 5) is 0. The molecular formula is C30H38O2. The van der Waals surface area contributed by atoms with Crippen LogP contribution in [0, 0.1) is 0 Å². The zero-order valence-corrected chi connectivity index (χ0v) is 20.2. The van der Waals surface area contributed by atoms with Crippen LogP contribution in [-0.4, -0.2) is 13.2 Å². The van der Waals surface area contributed by atoms with Crippen molar-refractivity contribution in [3.05, 3.63) is 71.8 Å². The Morgan fingerprint density at radius 2 is 1.03 bits per heavy atom. The molecule has 3 rings (SSSR count). The number of aryl methyl sites for hydroxylation is 2. The molecule has 0 spiro atoms. The monoisotopic (exact) mass is 430 g/mol. The van der Waals surface area contributed by atoms with Gasteiger partial charge in [0, 0.05) is 21.5 Å². The zero-order valence-electron chi connectivity index (χ0n) is 20.2. The number of allylic oxidation sites excluding steroid dienone is 2. The molecule has 0 aromatic heterocycles. The molecule has 2 heteroatoms. The second-order valence-corrected chi connectivity index (χ2v) is 8.11. The Labute approximate surface area is 193 Å². The van der Waals surface area contributed by atoms with Gasteiger partial charge in [0.2, 0.25) is 0 Å². The quantitative estimate of drug-likeness (QED) is 0.163. The van der Waals surface area contributed by atoms with E-state index in [0.717, 1.165) is 71.6 Å². The van der Waals surface area contributed by atoms with Crippen molar-refractivity contribution in [3.63, 3.8) is 0 Å². The number of rotatable bonds is 12. The fourth-order valence-electron chi connectivity index (χ4n) is 4.23. The van der Waals surface area contributed by atoms with Crippen molar-refractivity contribution < 1.29 is 9.47 Å². The maximum Gasteiger partial charge on any atom is 0.135 e. The standard InChI is InChI=1S/C30H38O2/c1-5-9-11-15-19-31-29-25-17-13-14-18-26(25)30(32-20-16-12-10-6-2)28-22-24(8-4)23(7-3)21-27(28)29/h9-14,17-18,21-22H,5-8,15-16,19-20H2,1-4H3/b11-9+,12-10+. The topological polar surface area (TPSA) is 18.5 Å². The first-order valence-electron chi connectivity index (χ1n) is 12.3. The van der Waals surface area contributed by atoms with Crippen LogP contribution in [0.15, 0.2) is 60.7 Å². The smallest absolute Gasteiger partial charge is 0.135 e. The molecule has 0 unspecified atom stereocenters. The summed E-state index contributed by atoms with van der Waals surface area (Å²) in [5.74, 6) is 1.96. The van der Waals surface area contributed by atoms with Gasteiger partial charge in [-0.2, -0.15) is 0 Å². The summed E-state index contributed by atoms with van der Waals surface area (Å²) in [7, 11) is 0. The van der Waals surface area contributed by atoms with Crippen LogP contribution in [0.25, 0.3) is 21.5 Å². The van der Waals surface area contributed by atoms with Crippen molar-refractivity contribution in [2.24, 2.45) is 0 Å². The van der Waals surface area contributed by atoms with Gasteiger partial charge >= 0.3 is 0 Å². The molecule has 0 aliphatic carbocycles. The van der Waals surface area contributed by atoms with Gasteiger partial charge in [-0.05, 0) is 61.8 Å². The molecule has 170 valence electrons. The van der Waals surface area contributed by atoms with E-state index in [9.17, 15) is 0 Å². The first-order chi connectivity index (χ1) is 15.7. The Hall–Kier alpha value is -2.74. The Bertz CT molecular complexity index is 989. The van der Waals surface area contributed by atoms with Gasteiger partial charge in [-0.3, -0.25) is 0 Å². The van der Waals surface area contributed by atoms with E-state index < -0.39 is 0 Å². The van der Waals surface area contributed by atoms with Gasteiger partial charge in [0.15, 0.2) is 0 Å². The lowest BCUT2D eigenvalue weighted by molar-refractivity contribution is 0.327. The maximum absolute atomic E-state index is 6.45. The van der Waals surface area contributed by atoms with E-state index in [2.05, 4.69) is 88.4 Å². The molecule has 0 fully saturated rings. The van der Waals surface area contributed by atoms with Gasteiger partial charge in [-0.15, -0.1) is 0 Å². The van der Waals surface area contributed by atoms with Crippen molar-refractivity contribution in [2.45, 2.75) is 66.2 Å². The summed E-state index contributed by atoms with van der Waals surface area (Å²) in [6, 6.07) is 13.2. The number of hydrogen-bond donors (Lipinski definition) is 0. The molecule has 0 radical (unpaired) electrons. The molecule has 0 aliphatic rings. The molecule has 0 saturated carbocycles. The molecule has 0 aliphatic heterocycles. The van der Waals surface area contributed by atoms with Crippen molar-refractivity contribution in [2.75, 3.05) is 13.2 Å². The molecule has 3 aromatic carbocycles. The number of ether oxygens (including phenoxy) is 2. The van der Waals surface area contributed by atoms with Gasteiger partial charge in [0.25, 0.3) is 0 Å². The zero-order chi connectivity index (χ0) is 22.8. The van der Waals surface area contributed by atoms with Crippen molar-refractivity contribution >= 4 is 21.5 Å². The Kier molecular flexibility index (Phi) is 9.22. The minimum Gasteiger partial charge on any atom is -0.492 e. The predicted octanol–water partition coefficient (Wildman–Crippen LogP) is 8.59. The van der Waals surface area contributed by atoms with Crippen molar-refractivity contribution in [1.82, 2.24) is 0 Å². The summed E-state index contributed by atoms with van der Waals surface area (Å²) in [5, 5.41) is 4.59. The minimum atomic E-state index is 0.675. The maximum atomic E-state index is 6.45. The van der Waals surface area contributed by atoms with Gasteiger partial charge in [0.1, 0.15) is 11.5 Å². The molecule has 3 aromatic rings. The third-order valence-electron chi connectivity index (χ3n) is 5.87. The van der Waals surface area contributed by atoms with E-state index in [1.54, 1.807) is 0 Å². The van der Waals surface area contributed by atoms with Crippen LogP contribution in [-0.2, 0) is 12.8 Å². The van der Waals surface area contributed by atoms with E-state index in [4.69, 9.17) is 9.47 Å². The van der Waals surface area contributed by atoms with Crippen LogP contribution >= 0.6 is 0 Å². The fraction of sp³-hybridized carbons (Fsp3) is 0.400. The van der Waals surface area contributed by atoms with Crippen LogP contribution in [0.3, 0.4) is 0 Å². The number of fused-ring (bicyclic) bond motifs is 2. The molecule has 0 amide bonds. The summed E-state index contributed by atoms with van der Waals surface area (Å²) >= 11 is 0. The molecule has 0 N–H and O–H groups in total. The van der Waals surface area contributed by atoms with E-state index in [-0.39, 0.29) is 0 Å². The molecular weight excluding hydrogens is 392 g/mol. The highest BCUT2D eigenvalue weighted by Gasteiger charge is 2.18. The van der Waals surface area contributed by atoms with Gasteiger partial charge in [-0.1, -0.05) is 76.3 Å². The van der Waals surface area contributed by atoms with Crippen molar-refractivity contribution in [3.8, 4) is 11.5 Å². The van der Waals surface area contributed by atoms with Gasteiger partial charge < -0.3 is 9.47 Å². The largest absolute Gasteiger partial charge is 0.492 e. The van der Waals surface area contributed by atoms with E-state index in [0.29, 0.717) is 13.2 Å². The first kappa shape index (κ1) is 23.9. The summed E-state index contributed by atoms with van der Waals surface area (Å²) in [5.41, 5.74) is 2.78. The fourth-order valence-corrected chi connectivity index (χ4v) is 4.23. The Morgan fingerprint density at radius 1 is 0.594 bits per heavy atom. The van der Waals surface area contributed by atoms with Crippen LogP contribution in [0.2, 0.25) is 0 Å². The molecule has 0 atom stereocenters. The van der Waals surface area contributed by atoms with E-state index in [1.807, 2.05) is 0 Å². The molecule has 0 heterocycles. The Morgan fingerprint density at radius 3 is 1.41 bits per heavy atom. The highest BCUT2D eigenvalue weighted by atomic mass is 16.5. The molecule has 0 saturated heterocycles. The van der Waals surface area contributed by atoms with Gasteiger partial charge in [-0.25, -0.2) is 0 Å². The third kappa shape index (κ3) is 5.54. The van der Waals surface area contributed by atoms with Crippen molar-refractivity contribution in [1.29, 1.82) is 0 Å². The summed E-state index contributed by atoms with van der Waals surface area (Å²) in [6.07, 6.45) is 14.8.